The van der Waals surface area contributed by atoms with Crippen LogP contribution in [0.3, 0.4) is 0 Å². The number of nitrogens with zero attached hydrogens (tertiary/aromatic N) is 3. The lowest BCUT2D eigenvalue weighted by Crippen LogP contribution is -2.15. The lowest BCUT2D eigenvalue weighted by atomic mass is 9.87. The van der Waals surface area contributed by atoms with Crippen molar-refractivity contribution >= 4 is 17.4 Å². The van der Waals surface area contributed by atoms with E-state index in [1.165, 1.54) is 5.56 Å². The van der Waals surface area contributed by atoms with Gasteiger partial charge in [0.25, 0.3) is 5.91 Å². The van der Waals surface area contributed by atoms with E-state index in [-0.39, 0.29) is 17.9 Å². The number of anilines is 1. The summed E-state index contributed by atoms with van der Waals surface area (Å²) < 4.78 is 1.74. The summed E-state index contributed by atoms with van der Waals surface area (Å²) in [5.74, 6) is 0.247. The van der Waals surface area contributed by atoms with Crippen LogP contribution in [0.2, 0.25) is 0 Å². The Morgan fingerprint density at radius 1 is 1.06 bits per heavy atom. The molecule has 2 N–H and O–H groups in total. The van der Waals surface area contributed by atoms with E-state index in [1.807, 2.05) is 54.6 Å². The molecule has 6 heteroatoms. The van der Waals surface area contributed by atoms with Gasteiger partial charge in [0.2, 0.25) is 0 Å². The molecule has 0 atom stereocenters. The molecule has 31 heavy (non-hydrogen) atoms. The van der Waals surface area contributed by atoms with Gasteiger partial charge in [0, 0.05) is 29.9 Å². The van der Waals surface area contributed by atoms with Crippen molar-refractivity contribution in [2.75, 3.05) is 11.9 Å². The fourth-order valence-corrected chi connectivity index (χ4v) is 3.51. The Balaban J connectivity index is 1.66. The van der Waals surface area contributed by atoms with Crippen LogP contribution in [0.5, 0.6) is 0 Å². The van der Waals surface area contributed by atoms with Crippen LogP contribution < -0.4 is 5.32 Å². The Hall–Kier alpha value is -3.51. The third-order valence-electron chi connectivity index (χ3n) is 5.24. The van der Waals surface area contributed by atoms with Gasteiger partial charge in [-0.15, -0.1) is 0 Å². The molecule has 0 radical (unpaired) electrons. The Morgan fingerprint density at radius 3 is 2.55 bits per heavy atom. The van der Waals surface area contributed by atoms with E-state index in [2.05, 4.69) is 36.2 Å². The molecule has 4 aromatic rings. The van der Waals surface area contributed by atoms with E-state index >= 15 is 0 Å². The third-order valence-corrected chi connectivity index (χ3v) is 5.24. The second-order valence-electron chi connectivity index (χ2n) is 8.58. The number of hydrogen-bond donors (Lipinski definition) is 2. The smallest absolute Gasteiger partial charge is 0.256 e. The first kappa shape index (κ1) is 20.8. The molecule has 0 spiro atoms. The highest BCUT2D eigenvalue weighted by molar-refractivity contribution is 6.04. The molecule has 2 heterocycles. The van der Waals surface area contributed by atoms with Crippen molar-refractivity contribution in [2.24, 2.45) is 0 Å². The minimum atomic E-state index is -0.211. The van der Waals surface area contributed by atoms with Gasteiger partial charge in [-0.25, -0.2) is 9.50 Å². The topological polar surface area (TPSA) is 79.5 Å². The molecule has 0 fully saturated rings. The summed E-state index contributed by atoms with van der Waals surface area (Å²) in [6.07, 6.45) is 2.26. The van der Waals surface area contributed by atoms with Crippen LogP contribution in [0.4, 0.5) is 5.82 Å². The number of aliphatic hydroxyl groups is 1. The van der Waals surface area contributed by atoms with E-state index in [0.29, 0.717) is 23.4 Å². The van der Waals surface area contributed by atoms with Crippen LogP contribution in [0.25, 0.3) is 16.9 Å². The molecule has 158 valence electrons. The molecule has 0 saturated heterocycles. The van der Waals surface area contributed by atoms with Crippen molar-refractivity contribution in [1.29, 1.82) is 0 Å². The van der Waals surface area contributed by atoms with Gasteiger partial charge < -0.3 is 10.4 Å². The second-order valence-corrected chi connectivity index (χ2v) is 8.58. The Bertz CT molecular complexity index is 1220. The van der Waals surface area contributed by atoms with E-state index < -0.39 is 0 Å². The molecule has 0 aliphatic carbocycles. The number of amides is 1. The van der Waals surface area contributed by atoms with Crippen LogP contribution in [0.15, 0.2) is 66.9 Å². The van der Waals surface area contributed by atoms with Crippen LogP contribution in [-0.2, 0) is 11.8 Å². The first-order valence-electron chi connectivity index (χ1n) is 10.3. The zero-order valence-corrected chi connectivity index (χ0v) is 18.0. The van der Waals surface area contributed by atoms with Crippen molar-refractivity contribution in [1.82, 2.24) is 14.6 Å². The van der Waals surface area contributed by atoms with E-state index in [9.17, 15) is 9.90 Å². The average Bonchev–Trinajstić information content (AvgIpc) is 3.22. The first-order valence-corrected chi connectivity index (χ1v) is 10.3. The SMILES string of the molecule is CC(C)(C)c1ccc(C(=O)Nc2cc(-c3cccc(CCO)c3)n3nccc3n2)cc1. The molecule has 4 rings (SSSR count). The maximum Gasteiger partial charge on any atom is 0.256 e. The van der Waals surface area contributed by atoms with Gasteiger partial charge in [-0.1, -0.05) is 51.1 Å². The fraction of sp³-hybridized carbons (Fsp3) is 0.240. The molecule has 1 amide bonds. The van der Waals surface area contributed by atoms with Crippen LogP contribution in [-0.4, -0.2) is 32.2 Å². The number of hydrogen-bond acceptors (Lipinski definition) is 4. The normalized spacial score (nSPS) is 11.6. The molecule has 2 aromatic carbocycles. The predicted octanol–water partition coefficient (Wildman–Crippen LogP) is 4.48. The van der Waals surface area contributed by atoms with E-state index in [4.69, 9.17) is 0 Å². The molecule has 0 aliphatic heterocycles. The van der Waals surface area contributed by atoms with Crippen molar-refractivity contribution in [2.45, 2.75) is 32.6 Å². The second kappa shape index (κ2) is 8.32. The summed E-state index contributed by atoms with van der Waals surface area (Å²) in [6.45, 7) is 6.52. The van der Waals surface area contributed by atoms with Crippen molar-refractivity contribution in [3.8, 4) is 11.3 Å². The van der Waals surface area contributed by atoms with E-state index in [1.54, 1.807) is 16.8 Å². The summed E-state index contributed by atoms with van der Waals surface area (Å²) in [6, 6.07) is 19.2. The van der Waals surface area contributed by atoms with Crippen LogP contribution >= 0.6 is 0 Å². The lowest BCUT2D eigenvalue weighted by Gasteiger charge is -2.19. The monoisotopic (exact) mass is 414 g/mol. The van der Waals surface area contributed by atoms with Gasteiger partial charge in [-0.2, -0.15) is 5.10 Å². The van der Waals surface area contributed by atoms with Gasteiger partial charge in [-0.05, 0) is 41.2 Å². The van der Waals surface area contributed by atoms with Gasteiger partial charge >= 0.3 is 0 Å². The number of carbonyl (C=O) groups is 1. The molecule has 0 bridgehead atoms. The first-order chi connectivity index (χ1) is 14.8. The molecule has 0 aliphatic rings. The van der Waals surface area contributed by atoms with Crippen LogP contribution in [0, 0.1) is 0 Å². The molecular weight excluding hydrogens is 388 g/mol. The van der Waals surface area contributed by atoms with E-state index in [0.717, 1.165) is 16.8 Å². The molecule has 0 unspecified atom stereocenters. The van der Waals surface area contributed by atoms with Crippen molar-refractivity contribution < 1.29 is 9.90 Å². The molecule has 6 nitrogen and oxygen atoms in total. The highest BCUT2D eigenvalue weighted by atomic mass is 16.3. The molecular formula is C25H26N4O2. The number of nitrogens with one attached hydrogen (secondary N) is 1. The van der Waals surface area contributed by atoms with Crippen molar-refractivity contribution in [3.63, 3.8) is 0 Å². The van der Waals surface area contributed by atoms with Crippen molar-refractivity contribution in [3.05, 3.63) is 83.6 Å². The Kier molecular flexibility index (Phi) is 5.57. The largest absolute Gasteiger partial charge is 0.396 e. The zero-order chi connectivity index (χ0) is 22.0. The minimum Gasteiger partial charge on any atom is -0.396 e. The van der Waals surface area contributed by atoms with Gasteiger partial charge in [0.05, 0.1) is 11.9 Å². The molecule has 2 aromatic heterocycles. The number of carbonyl (C=O) groups excluding carboxylic acids is 1. The quantitative estimate of drug-likeness (QED) is 0.505. The van der Waals surface area contributed by atoms with Gasteiger partial charge in [0.15, 0.2) is 5.65 Å². The Labute approximate surface area is 181 Å². The molecule has 0 saturated carbocycles. The zero-order valence-electron chi connectivity index (χ0n) is 18.0. The maximum absolute atomic E-state index is 12.8. The summed E-state index contributed by atoms with van der Waals surface area (Å²) >= 11 is 0. The standard InChI is InChI=1S/C25H26N4O2/c1-25(2,3)20-9-7-18(8-10-20)24(31)28-22-16-21(29-23(27-22)11-13-26-29)19-6-4-5-17(15-19)12-14-30/h4-11,13,15-16,30H,12,14H2,1-3H3,(H,27,28,31). The summed E-state index contributed by atoms with van der Waals surface area (Å²) in [5, 5.41) is 16.5. The number of benzene rings is 2. The number of rotatable bonds is 5. The number of aromatic nitrogens is 3. The third kappa shape index (κ3) is 4.49. The van der Waals surface area contributed by atoms with Gasteiger partial charge in [0.1, 0.15) is 5.82 Å². The van der Waals surface area contributed by atoms with Gasteiger partial charge in [-0.3, -0.25) is 4.79 Å². The summed E-state index contributed by atoms with van der Waals surface area (Å²) in [5.41, 5.74) is 5.20. The predicted molar refractivity (Wildman–Crippen MR) is 122 cm³/mol. The maximum atomic E-state index is 12.8. The highest BCUT2D eigenvalue weighted by Gasteiger charge is 2.16. The lowest BCUT2D eigenvalue weighted by molar-refractivity contribution is 0.102. The summed E-state index contributed by atoms with van der Waals surface area (Å²) in [4.78, 5) is 17.4. The minimum absolute atomic E-state index is 0.0308. The Morgan fingerprint density at radius 2 is 1.84 bits per heavy atom. The fourth-order valence-electron chi connectivity index (χ4n) is 3.51. The number of fused-ring (bicyclic) bond motifs is 1. The average molecular weight is 415 g/mol. The number of aliphatic hydroxyl groups excluding tert-OH is 1. The summed E-state index contributed by atoms with van der Waals surface area (Å²) in [7, 11) is 0. The highest BCUT2D eigenvalue weighted by Crippen LogP contribution is 2.25. The van der Waals surface area contributed by atoms with Crippen LogP contribution in [0.1, 0.15) is 42.3 Å².